The predicted octanol–water partition coefficient (Wildman–Crippen LogP) is 3.48. The van der Waals surface area contributed by atoms with Crippen molar-refractivity contribution in [3.05, 3.63) is 75.4 Å². The molecule has 7 heteroatoms. The third-order valence-corrected chi connectivity index (χ3v) is 4.98. The molecule has 3 aromatic rings. The van der Waals surface area contributed by atoms with Gasteiger partial charge in [0, 0.05) is 29.1 Å². The molecule has 0 bridgehead atoms. The van der Waals surface area contributed by atoms with Crippen LogP contribution in [0.2, 0.25) is 0 Å². The largest absolute Gasteiger partial charge is 0.493 e. The van der Waals surface area contributed by atoms with Crippen LogP contribution in [0.25, 0.3) is 0 Å². The Kier molecular flexibility index (Phi) is 6.33. The van der Waals surface area contributed by atoms with Gasteiger partial charge in [-0.3, -0.25) is 4.79 Å². The van der Waals surface area contributed by atoms with E-state index in [1.165, 1.54) is 0 Å². The number of imidazole rings is 1. The number of rotatable bonds is 7. The Labute approximate surface area is 171 Å². The predicted molar refractivity (Wildman–Crippen MR) is 111 cm³/mol. The summed E-state index contributed by atoms with van der Waals surface area (Å²) >= 11 is 2.12. The fraction of sp³-hybridized carbons (Fsp3) is 0.200. The van der Waals surface area contributed by atoms with Crippen LogP contribution < -0.4 is 14.8 Å². The third-order valence-electron chi connectivity index (χ3n) is 4.09. The molecule has 0 unspecified atom stereocenters. The van der Waals surface area contributed by atoms with E-state index in [9.17, 15) is 4.79 Å². The monoisotopic (exact) mass is 477 g/mol. The van der Waals surface area contributed by atoms with Gasteiger partial charge in [-0.2, -0.15) is 0 Å². The Morgan fingerprint density at radius 2 is 1.89 bits per heavy atom. The van der Waals surface area contributed by atoms with Gasteiger partial charge < -0.3 is 19.4 Å². The first kappa shape index (κ1) is 19.2. The first-order valence-corrected chi connectivity index (χ1v) is 9.42. The van der Waals surface area contributed by atoms with Gasteiger partial charge in [-0.15, -0.1) is 0 Å². The van der Waals surface area contributed by atoms with Crippen molar-refractivity contribution in [1.29, 1.82) is 0 Å². The summed E-state index contributed by atoms with van der Waals surface area (Å²) < 4.78 is 13.4. The molecule has 1 aromatic heterocycles. The molecule has 27 heavy (non-hydrogen) atoms. The molecule has 0 saturated carbocycles. The van der Waals surface area contributed by atoms with E-state index in [0.717, 1.165) is 21.2 Å². The van der Waals surface area contributed by atoms with E-state index in [1.807, 2.05) is 22.9 Å². The van der Waals surface area contributed by atoms with Crippen molar-refractivity contribution in [3.8, 4) is 11.5 Å². The Morgan fingerprint density at radius 3 is 2.59 bits per heavy atom. The fourth-order valence-corrected chi connectivity index (χ4v) is 3.42. The molecule has 140 valence electrons. The number of carbonyl (C=O) groups excluding carboxylic acids is 1. The molecule has 3 rings (SSSR count). The Hall–Kier alpha value is -2.55. The number of hydrogen-bond donors (Lipinski definition) is 1. The van der Waals surface area contributed by atoms with Gasteiger partial charge in [-0.25, -0.2) is 4.98 Å². The minimum atomic E-state index is -0.152. The van der Waals surface area contributed by atoms with Gasteiger partial charge in [0.05, 0.1) is 26.1 Å². The van der Waals surface area contributed by atoms with Crippen LogP contribution in [0, 0.1) is 3.57 Å². The number of halogens is 1. The molecule has 0 spiro atoms. The van der Waals surface area contributed by atoms with Crippen LogP contribution in [0.4, 0.5) is 0 Å². The van der Waals surface area contributed by atoms with Crippen LogP contribution in [0.1, 0.15) is 21.5 Å². The lowest BCUT2D eigenvalue weighted by atomic mass is 10.1. The summed E-state index contributed by atoms with van der Waals surface area (Å²) in [5.41, 5.74) is 2.75. The maximum Gasteiger partial charge on any atom is 0.252 e. The molecule has 0 saturated heterocycles. The van der Waals surface area contributed by atoms with Crippen molar-refractivity contribution in [1.82, 2.24) is 14.9 Å². The summed E-state index contributed by atoms with van der Waals surface area (Å²) in [6.07, 6.45) is 5.47. The quantitative estimate of drug-likeness (QED) is 0.530. The van der Waals surface area contributed by atoms with Crippen molar-refractivity contribution < 1.29 is 14.3 Å². The lowest BCUT2D eigenvalue weighted by molar-refractivity contribution is 0.0949. The average molecular weight is 477 g/mol. The lowest BCUT2D eigenvalue weighted by Crippen LogP contribution is -2.24. The SMILES string of the molecule is COc1cc(I)c(C(=O)NCc2cccc(Cn3ccnc3)c2)cc1OC. The standard InChI is InChI=1S/C20H20IN3O3/c1-26-18-9-16(17(21)10-19(18)27-2)20(25)23-11-14-4-3-5-15(8-14)12-24-7-6-22-13-24/h3-10,13H,11-12H2,1-2H3,(H,23,25). The second-order valence-corrected chi connectivity index (χ2v) is 7.09. The van der Waals surface area contributed by atoms with E-state index >= 15 is 0 Å². The molecule has 1 N–H and O–H groups in total. The summed E-state index contributed by atoms with van der Waals surface area (Å²) in [7, 11) is 3.13. The summed E-state index contributed by atoms with van der Waals surface area (Å²) in [6.45, 7) is 1.19. The lowest BCUT2D eigenvalue weighted by Gasteiger charge is -2.12. The highest BCUT2D eigenvalue weighted by molar-refractivity contribution is 14.1. The number of ether oxygens (including phenoxy) is 2. The van der Waals surface area contributed by atoms with E-state index in [1.54, 1.807) is 38.9 Å². The molecule has 1 heterocycles. The average Bonchev–Trinajstić information content (AvgIpc) is 3.19. The van der Waals surface area contributed by atoms with Crippen LogP contribution in [-0.2, 0) is 13.1 Å². The van der Waals surface area contributed by atoms with Gasteiger partial charge in [0.1, 0.15) is 0 Å². The Balaban J connectivity index is 1.69. The minimum absolute atomic E-state index is 0.152. The number of nitrogens with zero attached hydrogens (tertiary/aromatic N) is 2. The minimum Gasteiger partial charge on any atom is -0.493 e. The second kappa shape index (κ2) is 8.90. The number of benzene rings is 2. The number of methoxy groups -OCH3 is 2. The van der Waals surface area contributed by atoms with Gasteiger partial charge >= 0.3 is 0 Å². The van der Waals surface area contributed by atoms with Crippen LogP contribution in [0.15, 0.2) is 55.1 Å². The summed E-state index contributed by atoms with van der Waals surface area (Å²) in [4.78, 5) is 16.7. The van der Waals surface area contributed by atoms with Crippen molar-refractivity contribution in [2.75, 3.05) is 14.2 Å². The maximum absolute atomic E-state index is 12.6. The zero-order valence-electron chi connectivity index (χ0n) is 15.1. The first-order chi connectivity index (χ1) is 13.1. The number of aromatic nitrogens is 2. The summed E-state index contributed by atoms with van der Waals surface area (Å²) in [5.74, 6) is 0.983. The van der Waals surface area contributed by atoms with Gasteiger partial charge in [0.2, 0.25) is 0 Å². The smallest absolute Gasteiger partial charge is 0.252 e. The third kappa shape index (κ3) is 4.79. The first-order valence-electron chi connectivity index (χ1n) is 8.34. The molecule has 0 aliphatic carbocycles. The van der Waals surface area contributed by atoms with Gasteiger partial charge in [0.25, 0.3) is 5.91 Å². The van der Waals surface area contributed by atoms with Crippen LogP contribution >= 0.6 is 22.6 Å². The fourth-order valence-electron chi connectivity index (χ4n) is 2.73. The molecule has 0 atom stereocenters. The molecule has 0 aliphatic heterocycles. The van der Waals surface area contributed by atoms with E-state index in [0.29, 0.717) is 23.6 Å². The van der Waals surface area contributed by atoms with E-state index in [2.05, 4.69) is 45.0 Å². The van der Waals surface area contributed by atoms with Crippen molar-refractivity contribution in [3.63, 3.8) is 0 Å². The van der Waals surface area contributed by atoms with Crippen LogP contribution in [0.5, 0.6) is 11.5 Å². The number of nitrogens with one attached hydrogen (secondary N) is 1. The topological polar surface area (TPSA) is 65.4 Å². The van der Waals surface area contributed by atoms with Crippen molar-refractivity contribution in [2.24, 2.45) is 0 Å². The van der Waals surface area contributed by atoms with Crippen LogP contribution in [0.3, 0.4) is 0 Å². The molecule has 0 fully saturated rings. The molecule has 6 nitrogen and oxygen atoms in total. The molecule has 2 aromatic carbocycles. The highest BCUT2D eigenvalue weighted by Gasteiger charge is 2.15. The van der Waals surface area contributed by atoms with Gasteiger partial charge in [0.15, 0.2) is 11.5 Å². The van der Waals surface area contributed by atoms with Crippen molar-refractivity contribution in [2.45, 2.75) is 13.1 Å². The second-order valence-electron chi connectivity index (χ2n) is 5.92. The highest BCUT2D eigenvalue weighted by atomic mass is 127. The summed E-state index contributed by atoms with van der Waals surface area (Å²) in [5, 5.41) is 2.97. The molecular weight excluding hydrogens is 457 g/mol. The van der Waals surface area contributed by atoms with E-state index in [4.69, 9.17) is 9.47 Å². The van der Waals surface area contributed by atoms with Crippen LogP contribution in [-0.4, -0.2) is 29.7 Å². The highest BCUT2D eigenvalue weighted by Crippen LogP contribution is 2.31. The molecule has 1 amide bonds. The zero-order chi connectivity index (χ0) is 19.2. The molecule has 0 radical (unpaired) electrons. The molecular formula is C20H20IN3O3. The van der Waals surface area contributed by atoms with Gasteiger partial charge in [-0.05, 0) is 45.9 Å². The van der Waals surface area contributed by atoms with Gasteiger partial charge in [-0.1, -0.05) is 24.3 Å². The normalized spacial score (nSPS) is 10.5. The number of carbonyl (C=O) groups is 1. The summed E-state index contributed by atoms with van der Waals surface area (Å²) in [6, 6.07) is 11.6. The van der Waals surface area contributed by atoms with E-state index in [-0.39, 0.29) is 5.91 Å². The van der Waals surface area contributed by atoms with Crippen molar-refractivity contribution >= 4 is 28.5 Å². The molecule has 0 aliphatic rings. The number of amides is 1. The number of hydrogen-bond acceptors (Lipinski definition) is 4. The van der Waals surface area contributed by atoms with E-state index < -0.39 is 0 Å². The Bertz CT molecular complexity index is 926. The Morgan fingerprint density at radius 1 is 1.15 bits per heavy atom. The zero-order valence-corrected chi connectivity index (χ0v) is 17.3. The maximum atomic E-state index is 12.6.